The number of aliphatic hydroxyl groups is 1. The van der Waals surface area contributed by atoms with Gasteiger partial charge in [-0.2, -0.15) is 0 Å². The van der Waals surface area contributed by atoms with Crippen LogP contribution in [-0.2, 0) is 5.41 Å². The Labute approximate surface area is 78.4 Å². The van der Waals surface area contributed by atoms with Gasteiger partial charge in [-0.05, 0) is 12.1 Å². The van der Waals surface area contributed by atoms with E-state index < -0.39 is 0 Å². The molecule has 3 nitrogen and oxygen atoms in total. The molecule has 1 rings (SSSR count). The highest BCUT2D eigenvalue weighted by atomic mass is 16.5. The molecular weight excluding hydrogens is 166 g/mol. The van der Waals surface area contributed by atoms with Crippen LogP contribution < -0.4 is 4.74 Å². The van der Waals surface area contributed by atoms with E-state index >= 15 is 0 Å². The third-order valence-corrected chi connectivity index (χ3v) is 2.06. The van der Waals surface area contributed by atoms with Crippen LogP contribution in [0.4, 0.5) is 0 Å². The van der Waals surface area contributed by atoms with Gasteiger partial charge >= 0.3 is 0 Å². The third kappa shape index (κ3) is 2.18. The van der Waals surface area contributed by atoms with Gasteiger partial charge in [0.05, 0.1) is 19.9 Å². The number of rotatable bonds is 3. The van der Waals surface area contributed by atoms with Gasteiger partial charge in [0.1, 0.15) is 5.75 Å². The Bertz CT molecular complexity index is 267. The lowest BCUT2D eigenvalue weighted by atomic mass is 9.90. The van der Waals surface area contributed by atoms with Crippen molar-refractivity contribution in [2.75, 3.05) is 13.7 Å². The Balaban J connectivity index is 2.92. The van der Waals surface area contributed by atoms with Gasteiger partial charge in [0.15, 0.2) is 0 Å². The zero-order chi connectivity index (χ0) is 9.90. The fourth-order valence-electron chi connectivity index (χ4n) is 0.982. The average Bonchev–Trinajstić information content (AvgIpc) is 2.18. The van der Waals surface area contributed by atoms with E-state index in [0.717, 1.165) is 11.4 Å². The number of aliphatic hydroxyl groups excluding tert-OH is 1. The lowest BCUT2D eigenvalue weighted by Crippen LogP contribution is -2.23. The van der Waals surface area contributed by atoms with E-state index in [2.05, 4.69) is 4.98 Å². The van der Waals surface area contributed by atoms with Crippen molar-refractivity contribution in [1.29, 1.82) is 0 Å². The van der Waals surface area contributed by atoms with Crippen LogP contribution in [0.25, 0.3) is 0 Å². The Morgan fingerprint density at radius 1 is 1.46 bits per heavy atom. The first-order valence-electron chi connectivity index (χ1n) is 4.21. The Morgan fingerprint density at radius 2 is 2.15 bits per heavy atom. The topological polar surface area (TPSA) is 42.4 Å². The van der Waals surface area contributed by atoms with Crippen LogP contribution >= 0.6 is 0 Å². The molecule has 3 heteroatoms. The van der Waals surface area contributed by atoms with Crippen molar-refractivity contribution in [2.45, 2.75) is 19.3 Å². The third-order valence-electron chi connectivity index (χ3n) is 2.06. The normalized spacial score (nSPS) is 11.4. The van der Waals surface area contributed by atoms with Crippen molar-refractivity contribution in [3.63, 3.8) is 0 Å². The van der Waals surface area contributed by atoms with Crippen LogP contribution in [0.5, 0.6) is 5.75 Å². The maximum Gasteiger partial charge on any atom is 0.137 e. The SMILES string of the molecule is COc1ccc(C(C)(C)CO)nc1. The molecule has 1 aromatic rings. The second kappa shape index (κ2) is 3.75. The van der Waals surface area contributed by atoms with Gasteiger partial charge in [-0.25, -0.2) is 0 Å². The summed E-state index contributed by atoms with van der Waals surface area (Å²) in [6, 6.07) is 3.72. The first kappa shape index (κ1) is 9.99. The second-order valence-electron chi connectivity index (χ2n) is 3.63. The van der Waals surface area contributed by atoms with Crippen LogP contribution in [0.2, 0.25) is 0 Å². The Morgan fingerprint density at radius 3 is 2.54 bits per heavy atom. The molecule has 0 aliphatic carbocycles. The van der Waals surface area contributed by atoms with E-state index in [-0.39, 0.29) is 12.0 Å². The summed E-state index contributed by atoms with van der Waals surface area (Å²) >= 11 is 0. The van der Waals surface area contributed by atoms with E-state index in [1.165, 1.54) is 0 Å². The van der Waals surface area contributed by atoms with E-state index in [9.17, 15) is 0 Å². The molecule has 0 radical (unpaired) electrons. The van der Waals surface area contributed by atoms with Gasteiger partial charge in [0.25, 0.3) is 0 Å². The smallest absolute Gasteiger partial charge is 0.137 e. The van der Waals surface area contributed by atoms with Crippen molar-refractivity contribution in [3.8, 4) is 5.75 Å². The van der Waals surface area contributed by atoms with Crippen LogP contribution in [0.3, 0.4) is 0 Å². The number of ether oxygens (including phenoxy) is 1. The van der Waals surface area contributed by atoms with Crippen LogP contribution in [0, 0.1) is 0 Å². The average molecular weight is 181 g/mol. The summed E-state index contributed by atoms with van der Waals surface area (Å²) in [4.78, 5) is 4.21. The van der Waals surface area contributed by atoms with Crippen LogP contribution in [0.1, 0.15) is 19.5 Å². The number of hydrogen-bond donors (Lipinski definition) is 1. The van der Waals surface area contributed by atoms with Gasteiger partial charge < -0.3 is 9.84 Å². The molecule has 13 heavy (non-hydrogen) atoms. The fourth-order valence-corrected chi connectivity index (χ4v) is 0.982. The molecule has 0 saturated carbocycles. The Hall–Kier alpha value is -1.09. The molecule has 0 amide bonds. The lowest BCUT2D eigenvalue weighted by Gasteiger charge is -2.20. The summed E-state index contributed by atoms with van der Waals surface area (Å²) in [6.45, 7) is 3.98. The number of nitrogens with zero attached hydrogens (tertiary/aromatic N) is 1. The maximum atomic E-state index is 9.10. The molecule has 0 bridgehead atoms. The lowest BCUT2D eigenvalue weighted by molar-refractivity contribution is 0.215. The van der Waals surface area contributed by atoms with Gasteiger partial charge in [-0.15, -0.1) is 0 Å². The molecule has 1 N–H and O–H groups in total. The highest BCUT2D eigenvalue weighted by molar-refractivity contribution is 5.23. The predicted molar refractivity (Wildman–Crippen MR) is 50.9 cm³/mol. The minimum Gasteiger partial charge on any atom is -0.495 e. The molecule has 0 aromatic carbocycles. The molecule has 0 fully saturated rings. The summed E-state index contributed by atoms with van der Waals surface area (Å²) in [5.74, 6) is 0.734. The van der Waals surface area contributed by atoms with Crippen molar-refractivity contribution in [2.24, 2.45) is 0 Å². The second-order valence-corrected chi connectivity index (χ2v) is 3.63. The molecule has 72 valence electrons. The summed E-state index contributed by atoms with van der Waals surface area (Å²) < 4.78 is 4.99. The van der Waals surface area contributed by atoms with E-state index in [4.69, 9.17) is 9.84 Å². The van der Waals surface area contributed by atoms with Crippen LogP contribution in [0.15, 0.2) is 18.3 Å². The first-order valence-corrected chi connectivity index (χ1v) is 4.21. The van der Waals surface area contributed by atoms with Gasteiger partial charge in [-0.3, -0.25) is 4.98 Å². The first-order chi connectivity index (χ1) is 6.10. The van der Waals surface area contributed by atoms with Crippen molar-refractivity contribution < 1.29 is 9.84 Å². The van der Waals surface area contributed by atoms with E-state index in [1.807, 2.05) is 26.0 Å². The zero-order valence-corrected chi connectivity index (χ0v) is 8.24. The molecule has 0 atom stereocenters. The van der Waals surface area contributed by atoms with Gasteiger partial charge in [-0.1, -0.05) is 13.8 Å². The summed E-state index contributed by atoms with van der Waals surface area (Å²) in [6.07, 6.45) is 1.66. The molecule has 0 spiro atoms. The monoisotopic (exact) mass is 181 g/mol. The van der Waals surface area contributed by atoms with E-state index in [1.54, 1.807) is 13.3 Å². The molecule has 0 aliphatic heterocycles. The minimum absolute atomic E-state index is 0.0896. The summed E-state index contributed by atoms with van der Waals surface area (Å²) in [5.41, 5.74) is 0.586. The van der Waals surface area contributed by atoms with Crippen molar-refractivity contribution >= 4 is 0 Å². The van der Waals surface area contributed by atoms with Crippen molar-refractivity contribution in [1.82, 2.24) is 4.98 Å². The number of aromatic nitrogens is 1. The van der Waals surface area contributed by atoms with Gasteiger partial charge in [0.2, 0.25) is 0 Å². The van der Waals surface area contributed by atoms with Gasteiger partial charge in [0, 0.05) is 11.1 Å². The molecule has 0 saturated heterocycles. The minimum atomic E-state index is -0.285. The number of methoxy groups -OCH3 is 1. The quantitative estimate of drug-likeness (QED) is 0.765. The molecule has 1 aromatic heterocycles. The zero-order valence-electron chi connectivity index (χ0n) is 8.24. The van der Waals surface area contributed by atoms with Crippen molar-refractivity contribution in [3.05, 3.63) is 24.0 Å². The highest BCUT2D eigenvalue weighted by Gasteiger charge is 2.20. The highest BCUT2D eigenvalue weighted by Crippen LogP contribution is 2.21. The molecule has 0 aliphatic rings. The number of pyridine rings is 1. The Kier molecular flexibility index (Phi) is 2.88. The fraction of sp³-hybridized carbons (Fsp3) is 0.500. The summed E-state index contributed by atoms with van der Waals surface area (Å²) in [7, 11) is 1.61. The standard InChI is InChI=1S/C10H15NO2/c1-10(2,7-12)9-5-4-8(13-3)6-11-9/h4-6,12H,7H2,1-3H3. The molecule has 1 heterocycles. The maximum absolute atomic E-state index is 9.10. The molecular formula is C10H15NO2. The van der Waals surface area contributed by atoms with E-state index in [0.29, 0.717) is 0 Å². The largest absolute Gasteiger partial charge is 0.495 e. The summed E-state index contributed by atoms with van der Waals surface area (Å²) in [5, 5.41) is 9.10. The predicted octanol–water partition coefficient (Wildman–Crippen LogP) is 1.36. The number of hydrogen-bond acceptors (Lipinski definition) is 3. The van der Waals surface area contributed by atoms with Crippen LogP contribution in [-0.4, -0.2) is 23.8 Å². The molecule has 0 unspecified atom stereocenters.